The maximum Gasteiger partial charge on any atom is 0.0714 e. The van der Waals surface area contributed by atoms with Gasteiger partial charge in [0.1, 0.15) is 0 Å². The summed E-state index contributed by atoms with van der Waals surface area (Å²) >= 11 is 3.66. The minimum atomic E-state index is -0.451. The largest absolute Gasteiger partial charge is 0.310 e. The van der Waals surface area contributed by atoms with Gasteiger partial charge >= 0.3 is 0 Å². The second kappa shape index (κ2) is 11.4. The molecule has 0 amide bonds. The van der Waals surface area contributed by atoms with Crippen molar-refractivity contribution in [1.82, 2.24) is 0 Å². The lowest BCUT2D eigenvalue weighted by Gasteiger charge is -2.34. The number of nitrogens with zero attached hydrogens (tertiary/aromatic N) is 1. The van der Waals surface area contributed by atoms with E-state index in [-0.39, 0.29) is 0 Å². The molecule has 0 fully saturated rings. The zero-order valence-corrected chi connectivity index (χ0v) is 26.2. The zero-order chi connectivity index (χ0) is 30.2. The van der Waals surface area contributed by atoms with E-state index in [2.05, 4.69) is 203 Å². The van der Waals surface area contributed by atoms with Crippen LogP contribution in [0.1, 0.15) is 22.3 Å². The number of anilines is 3. The van der Waals surface area contributed by atoms with Crippen LogP contribution in [0.5, 0.6) is 0 Å². The molecule has 0 N–H and O–H groups in total. The van der Waals surface area contributed by atoms with Gasteiger partial charge in [0.15, 0.2) is 0 Å². The van der Waals surface area contributed by atoms with E-state index >= 15 is 0 Å². The monoisotopic (exact) mass is 639 g/mol. The lowest BCUT2D eigenvalue weighted by molar-refractivity contribution is 0.768. The normalized spacial score (nSPS) is 12.7. The van der Waals surface area contributed by atoms with Crippen LogP contribution in [0.25, 0.3) is 22.3 Å². The van der Waals surface area contributed by atoms with E-state index in [1.165, 1.54) is 44.5 Å². The first-order valence-electron chi connectivity index (χ1n) is 15.3. The molecule has 0 atom stereocenters. The van der Waals surface area contributed by atoms with Crippen molar-refractivity contribution in [3.05, 3.63) is 209 Å². The molecule has 0 saturated carbocycles. The Morgan fingerprint density at radius 2 is 0.889 bits per heavy atom. The Balaban J connectivity index is 1.41. The van der Waals surface area contributed by atoms with Gasteiger partial charge in [-0.2, -0.15) is 0 Å². The molecular formula is C43H30BrN. The quantitative estimate of drug-likeness (QED) is 0.175. The molecule has 0 aromatic heterocycles. The highest BCUT2D eigenvalue weighted by Crippen LogP contribution is 2.59. The fourth-order valence-corrected chi connectivity index (χ4v) is 7.38. The highest BCUT2D eigenvalue weighted by atomic mass is 79.9. The van der Waals surface area contributed by atoms with Crippen LogP contribution in [-0.4, -0.2) is 0 Å². The van der Waals surface area contributed by atoms with Crippen molar-refractivity contribution < 1.29 is 0 Å². The molecule has 0 saturated heterocycles. The summed E-state index contributed by atoms with van der Waals surface area (Å²) in [6, 6.07) is 65.9. The fourth-order valence-electron chi connectivity index (χ4n) is 7.11. The SMILES string of the molecule is Brc1ccc(N(c2ccc(-c3ccccc3)cc2)c2cccc3c2-c2ccccc2C3(c2ccccc2)c2ccccc2)cc1. The third-order valence-corrected chi connectivity index (χ3v) is 9.55. The summed E-state index contributed by atoms with van der Waals surface area (Å²) in [6.45, 7) is 0. The molecule has 0 bridgehead atoms. The maximum atomic E-state index is 3.66. The van der Waals surface area contributed by atoms with Gasteiger partial charge in [-0.15, -0.1) is 0 Å². The van der Waals surface area contributed by atoms with Crippen LogP contribution in [0, 0.1) is 0 Å². The van der Waals surface area contributed by atoms with Crippen LogP contribution in [0.4, 0.5) is 17.1 Å². The van der Waals surface area contributed by atoms with Gasteiger partial charge in [-0.1, -0.05) is 155 Å². The molecule has 0 spiro atoms. The number of rotatable bonds is 6. The number of fused-ring (bicyclic) bond motifs is 3. The van der Waals surface area contributed by atoms with E-state index in [1.54, 1.807) is 0 Å². The number of hydrogen-bond donors (Lipinski definition) is 0. The van der Waals surface area contributed by atoms with E-state index < -0.39 is 5.41 Å². The molecule has 1 aliphatic carbocycles. The van der Waals surface area contributed by atoms with Crippen molar-refractivity contribution in [2.45, 2.75) is 5.41 Å². The van der Waals surface area contributed by atoms with Gasteiger partial charge in [0.05, 0.1) is 11.1 Å². The highest BCUT2D eigenvalue weighted by molar-refractivity contribution is 9.10. The molecule has 214 valence electrons. The fraction of sp³-hybridized carbons (Fsp3) is 0.0233. The standard InChI is InChI=1S/C43H30BrN/c44-35-25-29-37(30-26-35)45(36-27-23-32(24-28-36)31-13-4-1-5-14-31)41-22-12-21-40-42(41)38-19-10-11-20-39(38)43(40,33-15-6-2-7-16-33)34-17-8-3-9-18-34/h1-30H. The molecule has 1 aliphatic rings. The Bertz CT molecular complexity index is 2050. The molecule has 8 rings (SSSR count). The summed E-state index contributed by atoms with van der Waals surface area (Å²) in [5, 5.41) is 0. The first kappa shape index (κ1) is 27.4. The summed E-state index contributed by atoms with van der Waals surface area (Å²) in [5.41, 5.74) is 13.0. The Hall–Kier alpha value is -5.18. The van der Waals surface area contributed by atoms with Gasteiger partial charge in [0.25, 0.3) is 0 Å². The number of benzene rings is 7. The Morgan fingerprint density at radius 3 is 1.51 bits per heavy atom. The van der Waals surface area contributed by atoms with Crippen LogP contribution < -0.4 is 4.90 Å². The summed E-state index contributed by atoms with van der Waals surface area (Å²) in [5.74, 6) is 0. The Morgan fingerprint density at radius 1 is 0.400 bits per heavy atom. The van der Waals surface area contributed by atoms with Gasteiger partial charge in [-0.3, -0.25) is 0 Å². The van der Waals surface area contributed by atoms with Crippen molar-refractivity contribution in [2.24, 2.45) is 0 Å². The summed E-state index contributed by atoms with van der Waals surface area (Å²) < 4.78 is 1.06. The van der Waals surface area contributed by atoms with Gasteiger partial charge in [0.2, 0.25) is 0 Å². The summed E-state index contributed by atoms with van der Waals surface area (Å²) in [7, 11) is 0. The predicted octanol–water partition coefficient (Wildman–Crippen LogP) is 11.9. The van der Waals surface area contributed by atoms with Crippen LogP contribution in [-0.2, 0) is 5.41 Å². The second-order valence-corrected chi connectivity index (χ2v) is 12.4. The molecule has 0 radical (unpaired) electrons. The Labute approximate surface area is 273 Å². The van der Waals surface area contributed by atoms with Crippen LogP contribution in [0.3, 0.4) is 0 Å². The van der Waals surface area contributed by atoms with Crippen LogP contribution in [0.2, 0.25) is 0 Å². The second-order valence-electron chi connectivity index (χ2n) is 11.5. The highest BCUT2D eigenvalue weighted by Gasteiger charge is 2.47. The van der Waals surface area contributed by atoms with Crippen molar-refractivity contribution in [1.29, 1.82) is 0 Å². The molecule has 0 aliphatic heterocycles. The zero-order valence-electron chi connectivity index (χ0n) is 24.6. The lowest BCUT2D eigenvalue weighted by Crippen LogP contribution is -2.28. The van der Waals surface area contributed by atoms with E-state index in [1.807, 2.05) is 0 Å². The predicted molar refractivity (Wildman–Crippen MR) is 192 cm³/mol. The van der Waals surface area contributed by atoms with Crippen molar-refractivity contribution >= 4 is 33.0 Å². The first-order valence-corrected chi connectivity index (χ1v) is 16.1. The average molecular weight is 641 g/mol. The lowest BCUT2D eigenvalue weighted by atomic mass is 9.68. The molecule has 1 nitrogen and oxygen atoms in total. The van der Waals surface area contributed by atoms with E-state index in [4.69, 9.17) is 0 Å². The molecular weight excluding hydrogens is 610 g/mol. The number of hydrogen-bond acceptors (Lipinski definition) is 1. The summed E-state index contributed by atoms with van der Waals surface area (Å²) in [4.78, 5) is 2.41. The van der Waals surface area contributed by atoms with Crippen molar-refractivity contribution in [3.8, 4) is 22.3 Å². The minimum absolute atomic E-state index is 0.451. The Kier molecular flexibility index (Phi) is 6.93. The number of halogens is 1. The molecule has 45 heavy (non-hydrogen) atoms. The van der Waals surface area contributed by atoms with Gasteiger partial charge < -0.3 is 4.90 Å². The van der Waals surface area contributed by atoms with E-state index in [9.17, 15) is 0 Å². The molecule has 7 aromatic rings. The van der Waals surface area contributed by atoms with E-state index in [0.29, 0.717) is 0 Å². The topological polar surface area (TPSA) is 3.24 Å². The minimum Gasteiger partial charge on any atom is -0.310 e. The average Bonchev–Trinajstić information content (AvgIpc) is 3.42. The van der Waals surface area contributed by atoms with Gasteiger partial charge in [-0.05, 0) is 81.4 Å². The molecule has 0 unspecified atom stereocenters. The van der Waals surface area contributed by atoms with Crippen LogP contribution in [0.15, 0.2) is 186 Å². The van der Waals surface area contributed by atoms with Crippen molar-refractivity contribution in [3.63, 3.8) is 0 Å². The first-order chi connectivity index (χ1) is 22.2. The van der Waals surface area contributed by atoms with E-state index in [0.717, 1.165) is 21.5 Å². The van der Waals surface area contributed by atoms with Gasteiger partial charge in [-0.25, -0.2) is 0 Å². The molecule has 7 aromatic carbocycles. The summed E-state index contributed by atoms with van der Waals surface area (Å²) in [6.07, 6.45) is 0. The molecule has 0 heterocycles. The smallest absolute Gasteiger partial charge is 0.0714 e. The van der Waals surface area contributed by atoms with Crippen molar-refractivity contribution in [2.75, 3.05) is 4.90 Å². The molecule has 2 heteroatoms. The third kappa shape index (κ3) is 4.53. The third-order valence-electron chi connectivity index (χ3n) is 9.02. The van der Waals surface area contributed by atoms with Gasteiger partial charge in [0, 0.05) is 21.4 Å². The maximum absolute atomic E-state index is 3.66. The van der Waals surface area contributed by atoms with Crippen LogP contribution >= 0.6 is 15.9 Å².